The zero-order chi connectivity index (χ0) is 17.6. The molecular formula is C20H22N2O3. The molecule has 0 spiro atoms. The molecule has 5 nitrogen and oxygen atoms in total. The zero-order valence-corrected chi connectivity index (χ0v) is 14.3. The van der Waals surface area contributed by atoms with E-state index in [0.29, 0.717) is 22.6 Å². The summed E-state index contributed by atoms with van der Waals surface area (Å²) in [5.74, 6) is 0.481. The average molecular weight is 338 g/mol. The van der Waals surface area contributed by atoms with Crippen LogP contribution in [0.25, 0.3) is 0 Å². The van der Waals surface area contributed by atoms with Crippen molar-refractivity contribution in [2.24, 2.45) is 0 Å². The number of hydrogen-bond donors (Lipinski definition) is 1. The van der Waals surface area contributed by atoms with Crippen molar-refractivity contribution in [3.8, 4) is 5.75 Å². The molecule has 2 aromatic rings. The van der Waals surface area contributed by atoms with E-state index < -0.39 is 0 Å². The Morgan fingerprint density at radius 3 is 2.36 bits per heavy atom. The molecule has 0 aromatic heterocycles. The van der Waals surface area contributed by atoms with Crippen LogP contribution in [0, 0.1) is 0 Å². The van der Waals surface area contributed by atoms with Crippen molar-refractivity contribution in [2.75, 3.05) is 25.5 Å². The third kappa shape index (κ3) is 4.18. The topological polar surface area (TPSA) is 58.6 Å². The first kappa shape index (κ1) is 17.0. The molecule has 1 heterocycles. The van der Waals surface area contributed by atoms with E-state index in [-0.39, 0.29) is 11.8 Å². The summed E-state index contributed by atoms with van der Waals surface area (Å²) in [6, 6.07) is 14.0. The number of carbonyl (C=O) groups excluding carboxylic acids is 2. The fourth-order valence-corrected chi connectivity index (χ4v) is 2.94. The van der Waals surface area contributed by atoms with Gasteiger partial charge in [0.25, 0.3) is 11.8 Å². The van der Waals surface area contributed by atoms with Crippen molar-refractivity contribution >= 4 is 17.5 Å². The van der Waals surface area contributed by atoms with Crippen LogP contribution in [0.1, 0.15) is 40.0 Å². The molecular weight excluding hydrogens is 316 g/mol. The van der Waals surface area contributed by atoms with Crippen LogP contribution in [-0.2, 0) is 0 Å². The van der Waals surface area contributed by atoms with E-state index in [9.17, 15) is 9.59 Å². The van der Waals surface area contributed by atoms with Gasteiger partial charge in [0.1, 0.15) is 5.75 Å². The Hall–Kier alpha value is -2.82. The molecule has 0 radical (unpaired) electrons. The van der Waals surface area contributed by atoms with Gasteiger partial charge in [-0.1, -0.05) is 6.07 Å². The predicted octanol–water partition coefficient (Wildman–Crippen LogP) is 3.57. The summed E-state index contributed by atoms with van der Waals surface area (Å²) in [5.41, 5.74) is 1.83. The van der Waals surface area contributed by atoms with Gasteiger partial charge in [-0.05, 0) is 61.7 Å². The number of nitrogens with one attached hydrogen (secondary N) is 1. The number of nitrogens with zero attached hydrogens (tertiary/aromatic N) is 1. The Labute approximate surface area is 147 Å². The second-order valence-corrected chi connectivity index (χ2v) is 6.12. The van der Waals surface area contributed by atoms with Gasteiger partial charge in [-0.15, -0.1) is 0 Å². The zero-order valence-electron chi connectivity index (χ0n) is 14.3. The highest BCUT2D eigenvalue weighted by Crippen LogP contribution is 2.17. The molecule has 0 saturated carbocycles. The molecule has 2 aromatic carbocycles. The highest BCUT2D eigenvalue weighted by atomic mass is 16.5. The van der Waals surface area contributed by atoms with Crippen LogP contribution in [-0.4, -0.2) is 36.9 Å². The number of amides is 2. The van der Waals surface area contributed by atoms with E-state index in [4.69, 9.17) is 4.74 Å². The van der Waals surface area contributed by atoms with E-state index in [1.807, 2.05) is 4.90 Å². The van der Waals surface area contributed by atoms with E-state index in [1.54, 1.807) is 55.6 Å². The van der Waals surface area contributed by atoms with Crippen molar-refractivity contribution < 1.29 is 14.3 Å². The highest BCUT2D eigenvalue weighted by molar-refractivity contribution is 6.04. The first-order chi connectivity index (χ1) is 12.2. The van der Waals surface area contributed by atoms with Gasteiger partial charge >= 0.3 is 0 Å². The van der Waals surface area contributed by atoms with Crippen LogP contribution < -0.4 is 10.1 Å². The van der Waals surface area contributed by atoms with Crippen LogP contribution >= 0.6 is 0 Å². The Morgan fingerprint density at radius 1 is 0.960 bits per heavy atom. The lowest BCUT2D eigenvalue weighted by atomic mass is 10.1. The lowest BCUT2D eigenvalue weighted by Gasteiger charge is -2.26. The minimum Gasteiger partial charge on any atom is -0.497 e. The molecule has 25 heavy (non-hydrogen) atoms. The molecule has 1 aliphatic rings. The fraction of sp³-hybridized carbons (Fsp3) is 0.300. The summed E-state index contributed by atoms with van der Waals surface area (Å²) in [5, 5.41) is 2.84. The Kier molecular flexibility index (Phi) is 5.33. The summed E-state index contributed by atoms with van der Waals surface area (Å²) in [4.78, 5) is 26.7. The van der Waals surface area contributed by atoms with Crippen molar-refractivity contribution in [3.63, 3.8) is 0 Å². The quantitative estimate of drug-likeness (QED) is 0.927. The predicted molar refractivity (Wildman–Crippen MR) is 97.1 cm³/mol. The molecule has 1 aliphatic heterocycles. The van der Waals surface area contributed by atoms with E-state index in [0.717, 1.165) is 25.9 Å². The number of ether oxygens (including phenoxy) is 1. The molecule has 1 fully saturated rings. The molecule has 1 saturated heterocycles. The standard InChI is InChI=1S/C20H22N2O3/c1-25-18-7-5-6-16(14-18)19(23)21-17-10-8-15(9-11-17)20(24)22-12-3-2-4-13-22/h5-11,14H,2-4,12-13H2,1H3,(H,21,23). The number of rotatable bonds is 4. The molecule has 1 N–H and O–H groups in total. The van der Waals surface area contributed by atoms with E-state index in [2.05, 4.69) is 5.32 Å². The van der Waals surface area contributed by atoms with Crippen molar-refractivity contribution in [3.05, 3.63) is 59.7 Å². The van der Waals surface area contributed by atoms with Gasteiger partial charge in [0.15, 0.2) is 0 Å². The third-order valence-corrected chi connectivity index (χ3v) is 4.36. The van der Waals surface area contributed by atoms with Gasteiger partial charge in [0.05, 0.1) is 7.11 Å². The van der Waals surface area contributed by atoms with Gasteiger partial charge in [0.2, 0.25) is 0 Å². The number of anilines is 1. The van der Waals surface area contributed by atoms with E-state index >= 15 is 0 Å². The van der Waals surface area contributed by atoms with Crippen LogP contribution in [0.3, 0.4) is 0 Å². The molecule has 0 aliphatic carbocycles. The summed E-state index contributed by atoms with van der Waals surface area (Å²) in [6.45, 7) is 1.65. The smallest absolute Gasteiger partial charge is 0.255 e. The largest absolute Gasteiger partial charge is 0.497 e. The molecule has 130 valence electrons. The fourth-order valence-electron chi connectivity index (χ4n) is 2.94. The maximum Gasteiger partial charge on any atom is 0.255 e. The Bertz CT molecular complexity index is 750. The lowest BCUT2D eigenvalue weighted by Crippen LogP contribution is -2.35. The van der Waals surface area contributed by atoms with Gasteiger partial charge in [-0.25, -0.2) is 0 Å². The number of hydrogen-bond acceptors (Lipinski definition) is 3. The maximum atomic E-state index is 12.4. The molecule has 3 rings (SSSR count). The normalized spacial score (nSPS) is 14.0. The van der Waals surface area contributed by atoms with Crippen LogP contribution in [0.4, 0.5) is 5.69 Å². The number of methoxy groups -OCH3 is 1. The number of piperidine rings is 1. The van der Waals surface area contributed by atoms with E-state index in [1.165, 1.54) is 6.42 Å². The van der Waals surface area contributed by atoms with Gasteiger partial charge < -0.3 is 15.0 Å². The minimum atomic E-state index is -0.214. The monoisotopic (exact) mass is 338 g/mol. The van der Waals surface area contributed by atoms with Gasteiger partial charge in [-0.2, -0.15) is 0 Å². The molecule has 2 amide bonds. The number of likely N-dealkylation sites (tertiary alicyclic amines) is 1. The molecule has 0 unspecified atom stereocenters. The van der Waals surface area contributed by atoms with Crippen LogP contribution in [0.2, 0.25) is 0 Å². The van der Waals surface area contributed by atoms with Crippen molar-refractivity contribution in [1.82, 2.24) is 4.90 Å². The van der Waals surface area contributed by atoms with Crippen molar-refractivity contribution in [2.45, 2.75) is 19.3 Å². The summed E-state index contributed by atoms with van der Waals surface area (Å²) in [6.07, 6.45) is 3.33. The van der Waals surface area contributed by atoms with Crippen molar-refractivity contribution in [1.29, 1.82) is 0 Å². The first-order valence-corrected chi connectivity index (χ1v) is 8.52. The average Bonchev–Trinajstić information content (AvgIpc) is 2.68. The molecule has 0 bridgehead atoms. The maximum absolute atomic E-state index is 12.4. The summed E-state index contributed by atoms with van der Waals surface area (Å²) in [7, 11) is 1.56. The van der Waals surface area contributed by atoms with Gasteiger partial charge in [0, 0.05) is 29.9 Å². The van der Waals surface area contributed by atoms with Crippen LogP contribution in [0.5, 0.6) is 5.75 Å². The summed E-state index contributed by atoms with van der Waals surface area (Å²) >= 11 is 0. The molecule has 5 heteroatoms. The number of carbonyl (C=O) groups is 2. The highest BCUT2D eigenvalue weighted by Gasteiger charge is 2.18. The minimum absolute atomic E-state index is 0.0605. The second kappa shape index (κ2) is 7.83. The Morgan fingerprint density at radius 2 is 1.68 bits per heavy atom. The third-order valence-electron chi connectivity index (χ3n) is 4.36. The Balaban J connectivity index is 1.65. The number of benzene rings is 2. The van der Waals surface area contributed by atoms with Gasteiger partial charge in [-0.3, -0.25) is 9.59 Å². The SMILES string of the molecule is COc1cccc(C(=O)Nc2ccc(C(=O)N3CCCCC3)cc2)c1. The first-order valence-electron chi connectivity index (χ1n) is 8.52. The van der Waals surface area contributed by atoms with Crippen LogP contribution in [0.15, 0.2) is 48.5 Å². The summed E-state index contributed by atoms with van der Waals surface area (Å²) < 4.78 is 5.13. The lowest BCUT2D eigenvalue weighted by molar-refractivity contribution is 0.0724. The second-order valence-electron chi connectivity index (χ2n) is 6.12. The molecule has 0 atom stereocenters.